The lowest BCUT2D eigenvalue weighted by atomic mass is 10.1. The molecule has 1 heterocycles. The molecule has 82 valence electrons. The number of amides is 1. The van der Waals surface area contributed by atoms with E-state index in [1.54, 1.807) is 18.3 Å². The van der Waals surface area contributed by atoms with Crippen molar-refractivity contribution in [1.29, 1.82) is 0 Å². The monoisotopic (exact) mass is 236 g/mol. The summed E-state index contributed by atoms with van der Waals surface area (Å²) in [6, 6.07) is 4.76. The summed E-state index contributed by atoms with van der Waals surface area (Å²) in [6.07, 6.45) is 3.13. The zero-order valence-electron chi connectivity index (χ0n) is 8.22. The van der Waals surface area contributed by atoms with E-state index in [4.69, 9.17) is 23.1 Å². The summed E-state index contributed by atoms with van der Waals surface area (Å²) >= 11 is 5.75. The van der Waals surface area contributed by atoms with Gasteiger partial charge in [-0.05, 0) is 18.2 Å². The number of carbonyl (C=O) groups excluding carboxylic acids is 1. The molecule has 2 rings (SSSR count). The minimum absolute atomic E-state index is 0.361. The van der Waals surface area contributed by atoms with Crippen molar-refractivity contribution in [3.63, 3.8) is 0 Å². The first-order chi connectivity index (χ1) is 7.58. The SMILES string of the molecule is NC(=O)c1ccc(-n2cc(Cl)cn2)c(N)c1. The molecule has 0 saturated carbocycles. The topological polar surface area (TPSA) is 86.9 Å². The Morgan fingerprint density at radius 1 is 1.44 bits per heavy atom. The lowest BCUT2D eigenvalue weighted by Crippen LogP contribution is -2.12. The maximum Gasteiger partial charge on any atom is 0.248 e. The van der Waals surface area contributed by atoms with Gasteiger partial charge in [0.1, 0.15) is 0 Å². The van der Waals surface area contributed by atoms with Crippen LogP contribution in [0, 0.1) is 0 Å². The Kier molecular flexibility index (Phi) is 2.54. The van der Waals surface area contributed by atoms with Crippen LogP contribution in [0.2, 0.25) is 5.02 Å². The number of nitrogen functional groups attached to an aromatic ring is 1. The van der Waals surface area contributed by atoms with E-state index in [-0.39, 0.29) is 0 Å². The highest BCUT2D eigenvalue weighted by molar-refractivity contribution is 6.30. The highest BCUT2D eigenvalue weighted by atomic mass is 35.5. The number of hydrogen-bond donors (Lipinski definition) is 2. The number of carbonyl (C=O) groups is 1. The minimum atomic E-state index is -0.517. The number of benzene rings is 1. The fourth-order valence-corrected chi connectivity index (χ4v) is 1.49. The summed E-state index contributed by atoms with van der Waals surface area (Å²) in [4.78, 5) is 10.9. The van der Waals surface area contributed by atoms with Crippen LogP contribution in [0.25, 0.3) is 5.69 Å². The van der Waals surface area contributed by atoms with Gasteiger partial charge < -0.3 is 11.5 Å². The maximum atomic E-state index is 10.9. The first-order valence-electron chi connectivity index (χ1n) is 4.48. The van der Waals surface area contributed by atoms with Gasteiger partial charge in [0.05, 0.1) is 22.6 Å². The van der Waals surface area contributed by atoms with E-state index < -0.39 is 5.91 Å². The molecular weight excluding hydrogens is 228 g/mol. The molecule has 0 aliphatic rings. The van der Waals surface area contributed by atoms with Gasteiger partial charge >= 0.3 is 0 Å². The fourth-order valence-electron chi connectivity index (χ4n) is 1.35. The standard InChI is InChI=1S/C10H9ClN4O/c11-7-4-14-15(5-7)9-2-1-6(10(13)16)3-8(9)12/h1-5H,12H2,(H2,13,16). The number of hydrogen-bond acceptors (Lipinski definition) is 3. The highest BCUT2D eigenvalue weighted by Gasteiger charge is 2.07. The van der Waals surface area contributed by atoms with E-state index in [0.717, 1.165) is 0 Å². The fraction of sp³-hybridized carbons (Fsp3) is 0. The van der Waals surface area contributed by atoms with Gasteiger partial charge in [-0.25, -0.2) is 4.68 Å². The number of nitrogens with zero attached hydrogens (tertiary/aromatic N) is 2. The molecule has 0 bridgehead atoms. The third-order valence-corrected chi connectivity index (χ3v) is 2.31. The van der Waals surface area contributed by atoms with Crippen molar-refractivity contribution < 1.29 is 4.79 Å². The van der Waals surface area contributed by atoms with Crippen LogP contribution in [0.5, 0.6) is 0 Å². The second-order valence-corrected chi connectivity index (χ2v) is 3.68. The summed E-state index contributed by atoms with van der Waals surface area (Å²) < 4.78 is 1.53. The zero-order valence-corrected chi connectivity index (χ0v) is 8.98. The lowest BCUT2D eigenvalue weighted by Gasteiger charge is -2.06. The number of halogens is 1. The Balaban J connectivity index is 2.47. The second-order valence-electron chi connectivity index (χ2n) is 3.24. The van der Waals surface area contributed by atoms with Crippen molar-refractivity contribution in [2.75, 3.05) is 5.73 Å². The summed E-state index contributed by atoms with van der Waals surface area (Å²) in [5.41, 5.74) is 12.3. The number of anilines is 1. The second kappa shape index (κ2) is 3.86. The van der Waals surface area contributed by atoms with Crippen molar-refractivity contribution >= 4 is 23.2 Å². The Labute approximate surface area is 96.6 Å². The quantitative estimate of drug-likeness (QED) is 0.769. The first kappa shape index (κ1) is 10.5. The zero-order chi connectivity index (χ0) is 11.7. The minimum Gasteiger partial charge on any atom is -0.397 e. The predicted molar refractivity (Wildman–Crippen MR) is 61.5 cm³/mol. The van der Waals surface area contributed by atoms with E-state index in [0.29, 0.717) is 22.0 Å². The average molecular weight is 237 g/mol. The molecule has 16 heavy (non-hydrogen) atoms. The molecule has 0 radical (unpaired) electrons. The summed E-state index contributed by atoms with van der Waals surface area (Å²) in [7, 11) is 0. The predicted octanol–water partition coefficient (Wildman–Crippen LogP) is 1.21. The first-order valence-corrected chi connectivity index (χ1v) is 4.85. The molecule has 5 nitrogen and oxygen atoms in total. The largest absolute Gasteiger partial charge is 0.397 e. The van der Waals surface area contributed by atoms with E-state index in [1.165, 1.54) is 16.9 Å². The summed E-state index contributed by atoms with van der Waals surface area (Å²) in [5, 5.41) is 4.52. The van der Waals surface area contributed by atoms with Crippen LogP contribution in [0.3, 0.4) is 0 Å². The normalized spacial score (nSPS) is 10.3. The van der Waals surface area contributed by atoms with Crippen molar-refractivity contribution in [3.05, 3.63) is 41.2 Å². The molecule has 1 aromatic heterocycles. The molecule has 4 N–H and O–H groups in total. The third-order valence-electron chi connectivity index (χ3n) is 2.11. The molecule has 0 unspecified atom stereocenters. The van der Waals surface area contributed by atoms with Crippen LogP contribution in [0.4, 0.5) is 5.69 Å². The van der Waals surface area contributed by atoms with Gasteiger partial charge in [0.2, 0.25) is 5.91 Å². The van der Waals surface area contributed by atoms with Crippen LogP contribution in [0.1, 0.15) is 10.4 Å². The third kappa shape index (κ3) is 1.85. The number of rotatable bonds is 2. The van der Waals surface area contributed by atoms with Crippen molar-refractivity contribution in [3.8, 4) is 5.69 Å². The van der Waals surface area contributed by atoms with Crippen LogP contribution in [-0.4, -0.2) is 15.7 Å². The van der Waals surface area contributed by atoms with Crippen LogP contribution >= 0.6 is 11.6 Å². The van der Waals surface area contributed by atoms with Gasteiger partial charge in [0.15, 0.2) is 0 Å². The Hall–Kier alpha value is -2.01. The number of primary amides is 1. The van der Waals surface area contributed by atoms with E-state index in [9.17, 15) is 4.79 Å². The molecule has 0 saturated heterocycles. The smallest absolute Gasteiger partial charge is 0.248 e. The van der Waals surface area contributed by atoms with Crippen LogP contribution in [-0.2, 0) is 0 Å². The number of nitrogens with two attached hydrogens (primary N) is 2. The maximum absolute atomic E-state index is 10.9. The Bertz CT molecular complexity index is 550. The molecular formula is C10H9ClN4O. The molecule has 0 fully saturated rings. The molecule has 6 heteroatoms. The molecule has 1 amide bonds. The van der Waals surface area contributed by atoms with Crippen molar-refractivity contribution in [2.45, 2.75) is 0 Å². The Morgan fingerprint density at radius 2 is 2.19 bits per heavy atom. The molecule has 0 atom stereocenters. The van der Waals surface area contributed by atoms with Gasteiger partial charge in [-0.1, -0.05) is 11.6 Å². The summed E-state index contributed by atoms with van der Waals surface area (Å²) in [6.45, 7) is 0. The number of aromatic nitrogens is 2. The van der Waals surface area contributed by atoms with Crippen LogP contribution in [0.15, 0.2) is 30.6 Å². The molecule has 0 spiro atoms. The van der Waals surface area contributed by atoms with Crippen molar-refractivity contribution in [2.24, 2.45) is 5.73 Å². The van der Waals surface area contributed by atoms with Gasteiger partial charge in [0.25, 0.3) is 0 Å². The van der Waals surface area contributed by atoms with Gasteiger partial charge in [-0.15, -0.1) is 0 Å². The van der Waals surface area contributed by atoms with E-state index >= 15 is 0 Å². The van der Waals surface area contributed by atoms with E-state index in [2.05, 4.69) is 5.10 Å². The molecule has 1 aromatic carbocycles. The van der Waals surface area contributed by atoms with Crippen LogP contribution < -0.4 is 11.5 Å². The highest BCUT2D eigenvalue weighted by Crippen LogP contribution is 2.19. The molecule has 2 aromatic rings. The van der Waals surface area contributed by atoms with Gasteiger partial charge in [-0.3, -0.25) is 4.79 Å². The molecule has 0 aliphatic heterocycles. The van der Waals surface area contributed by atoms with Gasteiger partial charge in [-0.2, -0.15) is 5.10 Å². The van der Waals surface area contributed by atoms with Crippen molar-refractivity contribution in [1.82, 2.24) is 9.78 Å². The average Bonchev–Trinajstić information content (AvgIpc) is 2.64. The lowest BCUT2D eigenvalue weighted by molar-refractivity contribution is 0.100. The summed E-state index contributed by atoms with van der Waals surface area (Å²) in [5.74, 6) is -0.517. The Morgan fingerprint density at radius 3 is 2.69 bits per heavy atom. The molecule has 0 aliphatic carbocycles. The van der Waals surface area contributed by atoms with Gasteiger partial charge in [0, 0.05) is 11.8 Å². The van der Waals surface area contributed by atoms with E-state index in [1.807, 2.05) is 0 Å².